The Bertz CT molecular complexity index is 970. The Morgan fingerprint density at radius 1 is 1.00 bits per heavy atom. The zero-order chi connectivity index (χ0) is 18.4. The van der Waals surface area contributed by atoms with Crippen LogP contribution in [0.2, 0.25) is 0 Å². The molecule has 1 aromatic heterocycles. The summed E-state index contributed by atoms with van der Waals surface area (Å²) in [6.45, 7) is 2.32. The highest BCUT2D eigenvalue weighted by atomic mass is 32.2. The lowest BCUT2D eigenvalue weighted by Crippen LogP contribution is -2.16. The van der Waals surface area contributed by atoms with Gasteiger partial charge in [-0.2, -0.15) is 0 Å². The molecule has 3 aromatic rings. The van der Waals surface area contributed by atoms with E-state index in [-0.39, 0.29) is 5.75 Å². The summed E-state index contributed by atoms with van der Waals surface area (Å²) in [4.78, 5) is 4.57. The number of unbranched alkanes of at least 4 members (excludes halogenated alkanes) is 1. The van der Waals surface area contributed by atoms with E-state index in [9.17, 15) is 8.42 Å². The molecule has 1 heterocycles. The van der Waals surface area contributed by atoms with Crippen molar-refractivity contribution in [3.05, 3.63) is 66.4 Å². The van der Waals surface area contributed by atoms with Gasteiger partial charge in [-0.25, -0.2) is 13.4 Å². The van der Waals surface area contributed by atoms with Gasteiger partial charge in [-0.05, 0) is 42.8 Å². The summed E-state index contributed by atoms with van der Waals surface area (Å²) in [6.07, 6.45) is 1.49. The minimum atomic E-state index is -3.29. The minimum absolute atomic E-state index is 0.134. The van der Waals surface area contributed by atoms with Crippen LogP contribution in [0, 0.1) is 0 Å². The highest BCUT2D eigenvalue weighted by Crippen LogP contribution is 2.19. The van der Waals surface area contributed by atoms with E-state index >= 15 is 0 Å². The van der Waals surface area contributed by atoms with Crippen molar-refractivity contribution < 1.29 is 13.2 Å². The van der Waals surface area contributed by atoms with Crippen molar-refractivity contribution in [1.29, 1.82) is 0 Å². The molecule has 26 heavy (non-hydrogen) atoms. The third-order valence-corrected chi connectivity index (χ3v) is 5.31. The lowest BCUT2D eigenvalue weighted by molar-refractivity contribution is 0.302. The highest BCUT2D eigenvalue weighted by molar-refractivity contribution is 7.92. The van der Waals surface area contributed by atoms with Crippen molar-refractivity contribution in [2.24, 2.45) is 0 Å². The predicted octanol–water partition coefficient (Wildman–Crippen LogP) is 4.36. The molecule has 0 saturated carbocycles. The van der Waals surface area contributed by atoms with E-state index in [0.29, 0.717) is 24.5 Å². The Morgan fingerprint density at radius 3 is 2.54 bits per heavy atom. The first-order valence-electron chi connectivity index (χ1n) is 8.64. The van der Waals surface area contributed by atoms with Crippen molar-refractivity contribution in [3.8, 4) is 5.75 Å². The van der Waals surface area contributed by atoms with Crippen LogP contribution in [0.25, 0.3) is 10.9 Å². The number of aromatic nitrogens is 1. The molecule has 0 aliphatic rings. The zero-order valence-corrected chi connectivity index (χ0v) is 15.5. The number of anilines is 1. The number of fused-ring (bicyclic) bond motifs is 1. The first-order valence-corrected chi connectivity index (χ1v) is 10.3. The van der Waals surface area contributed by atoms with Gasteiger partial charge >= 0.3 is 0 Å². The van der Waals surface area contributed by atoms with Crippen LogP contribution in [0.1, 0.15) is 25.5 Å². The Kier molecular flexibility index (Phi) is 5.73. The molecule has 0 spiro atoms. The largest absolute Gasteiger partial charge is 0.487 e. The van der Waals surface area contributed by atoms with Gasteiger partial charge in [0.15, 0.2) is 0 Å². The van der Waals surface area contributed by atoms with Crippen LogP contribution < -0.4 is 9.46 Å². The van der Waals surface area contributed by atoms with Crippen LogP contribution in [0.4, 0.5) is 5.69 Å². The van der Waals surface area contributed by atoms with Crippen LogP contribution >= 0.6 is 0 Å². The molecule has 0 atom stereocenters. The minimum Gasteiger partial charge on any atom is -0.487 e. The third-order valence-electron chi connectivity index (χ3n) is 3.94. The van der Waals surface area contributed by atoms with Crippen LogP contribution in [-0.2, 0) is 16.6 Å². The number of hydrogen-bond donors (Lipinski definition) is 1. The zero-order valence-electron chi connectivity index (χ0n) is 14.7. The molecule has 0 unspecified atom stereocenters. The molecule has 6 heteroatoms. The average molecular weight is 370 g/mol. The SMILES string of the molecule is CCCCS(=O)(=O)Nc1ccc(OCc2ccc3ccccc3n2)cc1. The van der Waals surface area contributed by atoms with Crippen LogP contribution in [0.15, 0.2) is 60.7 Å². The third kappa shape index (κ3) is 4.95. The number of para-hydroxylation sites is 1. The number of nitrogens with zero attached hydrogens (tertiary/aromatic N) is 1. The van der Waals surface area contributed by atoms with Gasteiger partial charge < -0.3 is 4.74 Å². The summed E-state index contributed by atoms with van der Waals surface area (Å²) in [5, 5.41) is 1.09. The van der Waals surface area contributed by atoms with E-state index in [2.05, 4.69) is 9.71 Å². The predicted molar refractivity (Wildman–Crippen MR) is 105 cm³/mol. The number of hydrogen-bond acceptors (Lipinski definition) is 4. The first-order chi connectivity index (χ1) is 12.6. The monoisotopic (exact) mass is 370 g/mol. The standard InChI is InChI=1S/C20H22N2O3S/c1-2-3-14-26(23,24)22-17-10-12-19(13-11-17)25-15-18-9-8-16-6-4-5-7-20(16)21-18/h4-13,22H,2-3,14-15H2,1H3. The van der Waals surface area contributed by atoms with Crippen molar-refractivity contribution in [2.45, 2.75) is 26.4 Å². The second-order valence-electron chi connectivity index (χ2n) is 6.08. The van der Waals surface area contributed by atoms with E-state index in [1.807, 2.05) is 43.3 Å². The number of benzene rings is 2. The lowest BCUT2D eigenvalue weighted by atomic mass is 10.2. The van der Waals surface area contributed by atoms with Crippen LogP contribution in [-0.4, -0.2) is 19.2 Å². The Balaban J connectivity index is 1.60. The number of ether oxygens (including phenoxy) is 1. The quantitative estimate of drug-likeness (QED) is 0.640. The number of pyridine rings is 1. The fraction of sp³-hybridized carbons (Fsp3) is 0.250. The summed E-state index contributed by atoms with van der Waals surface area (Å²) < 4.78 is 32.2. The second-order valence-corrected chi connectivity index (χ2v) is 7.92. The second kappa shape index (κ2) is 8.19. The molecule has 0 radical (unpaired) electrons. The maximum atomic E-state index is 11.9. The van der Waals surface area contributed by atoms with Gasteiger partial charge in [0, 0.05) is 11.1 Å². The average Bonchev–Trinajstić information content (AvgIpc) is 2.65. The van der Waals surface area contributed by atoms with Crippen molar-refractivity contribution in [3.63, 3.8) is 0 Å². The molecule has 0 aliphatic carbocycles. The topological polar surface area (TPSA) is 68.3 Å². The number of nitrogens with one attached hydrogen (secondary N) is 1. The molecule has 136 valence electrons. The summed E-state index contributed by atoms with van der Waals surface area (Å²) in [5.41, 5.74) is 2.32. The first kappa shape index (κ1) is 18.2. The molecule has 2 aromatic carbocycles. The highest BCUT2D eigenvalue weighted by Gasteiger charge is 2.09. The van der Waals surface area contributed by atoms with Gasteiger partial charge in [-0.1, -0.05) is 37.6 Å². The summed E-state index contributed by atoms with van der Waals surface area (Å²) >= 11 is 0. The molecule has 0 amide bonds. The van der Waals surface area contributed by atoms with Gasteiger partial charge in [-0.15, -0.1) is 0 Å². The maximum Gasteiger partial charge on any atom is 0.232 e. The molecule has 0 bridgehead atoms. The summed E-state index contributed by atoms with van der Waals surface area (Å²) in [5.74, 6) is 0.798. The Hall–Kier alpha value is -2.60. The van der Waals surface area contributed by atoms with Crippen molar-refractivity contribution >= 4 is 26.6 Å². The van der Waals surface area contributed by atoms with Gasteiger partial charge in [-0.3, -0.25) is 4.72 Å². The normalized spacial score (nSPS) is 11.4. The molecule has 0 aliphatic heterocycles. The molecular formula is C20H22N2O3S. The Labute approximate surface area is 154 Å². The van der Waals surface area contributed by atoms with Crippen LogP contribution in [0.5, 0.6) is 5.75 Å². The lowest BCUT2D eigenvalue weighted by Gasteiger charge is -2.10. The molecule has 3 rings (SSSR count). The number of rotatable bonds is 8. The van der Waals surface area contributed by atoms with E-state index < -0.39 is 10.0 Å². The molecule has 1 N–H and O–H groups in total. The van der Waals surface area contributed by atoms with E-state index in [0.717, 1.165) is 23.0 Å². The number of sulfonamides is 1. The fourth-order valence-electron chi connectivity index (χ4n) is 2.53. The van der Waals surface area contributed by atoms with E-state index in [1.54, 1.807) is 24.3 Å². The van der Waals surface area contributed by atoms with E-state index in [4.69, 9.17) is 4.74 Å². The molecule has 0 fully saturated rings. The Morgan fingerprint density at radius 2 is 1.77 bits per heavy atom. The maximum absolute atomic E-state index is 11.9. The van der Waals surface area contributed by atoms with Gasteiger partial charge in [0.25, 0.3) is 0 Å². The van der Waals surface area contributed by atoms with Crippen molar-refractivity contribution in [1.82, 2.24) is 4.98 Å². The molecule has 5 nitrogen and oxygen atoms in total. The fourth-order valence-corrected chi connectivity index (χ4v) is 3.80. The van der Waals surface area contributed by atoms with Gasteiger partial charge in [0.1, 0.15) is 12.4 Å². The molecule has 0 saturated heterocycles. The van der Waals surface area contributed by atoms with Crippen molar-refractivity contribution in [2.75, 3.05) is 10.5 Å². The molecular weight excluding hydrogens is 348 g/mol. The smallest absolute Gasteiger partial charge is 0.232 e. The van der Waals surface area contributed by atoms with Crippen LogP contribution in [0.3, 0.4) is 0 Å². The summed E-state index contributed by atoms with van der Waals surface area (Å²) in [7, 11) is -3.29. The van der Waals surface area contributed by atoms with Gasteiger partial charge in [0.2, 0.25) is 10.0 Å². The van der Waals surface area contributed by atoms with Gasteiger partial charge in [0.05, 0.1) is 17.0 Å². The summed E-state index contributed by atoms with van der Waals surface area (Å²) in [6, 6.07) is 18.8. The van der Waals surface area contributed by atoms with E-state index in [1.165, 1.54) is 0 Å².